The van der Waals surface area contributed by atoms with Gasteiger partial charge in [0.05, 0.1) is 16.6 Å². The maximum absolute atomic E-state index is 12.1. The normalized spacial score (nSPS) is 19.9. The van der Waals surface area contributed by atoms with E-state index >= 15 is 0 Å². The minimum atomic E-state index is -0.137. The lowest BCUT2D eigenvalue weighted by Crippen LogP contribution is -2.47. The van der Waals surface area contributed by atoms with E-state index in [9.17, 15) is 4.79 Å². The topological polar surface area (TPSA) is 71.2 Å². The number of nitrogens with two attached hydrogens (primary N) is 1. The molecule has 1 unspecified atom stereocenters. The van der Waals surface area contributed by atoms with Crippen molar-refractivity contribution in [2.75, 3.05) is 25.0 Å². The van der Waals surface area contributed by atoms with E-state index in [2.05, 4.69) is 15.2 Å². The highest BCUT2D eigenvalue weighted by molar-refractivity contribution is 6.36. The Morgan fingerprint density at radius 3 is 3.00 bits per heavy atom. The van der Waals surface area contributed by atoms with E-state index in [0.717, 1.165) is 19.4 Å². The predicted octanol–water partition coefficient (Wildman–Crippen LogP) is 2.14. The van der Waals surface area contributed by atoms with E-state index in [0.29, 0.717) is 29.0 Å². The number of likely N-dealkylation sites (tertiary alicyclic amines) is 1. The number of nitrogens with one attached hydrogen (secondary N) is 1. The van der Waals surface area contributed by atoms with Crippen molar-refractivity contribution in [1.29, 1.82) is 0 Å². The molecule has 0 aromatic carbocycles. The average Bonchev–Trinajstić information content (AvgIpc) is 2.42. The molecule has 0 radical (unpaired) electrons. The fourth-order valence-corrected chi connectivity index (χ4v) is 2.83. The highest BCUT2D eigenvalue weighted by atomic mass is 35.5. The zero-order chi connectivity index (χ0) is 14.5. The summed E-state index contributed by atoms with van der Waals surface area (Å²) >= 11 is 11.7. The smallest absolute Gasteiger partial charge is 0.239 e. The van der Waals surface area contributed by atoms with E-state index in [-0.39, 0.29) is 11.9 Å². The second-order valence-electron chi connectivity index (χ2n) is 4.89. The minimum absolute atomic E-state index is 0.137. The van der Waals surface area contributed by atoms with Gasteiger partial charge in [-0.1, -0.05) is 29.6 Å². The number of amides is 1. The quantitative estimate of drug-likeness (QED) is 0.892. The van der Waals surface area contributed by atoms with Crippen LogP contribution in [0.15, 0.2) is 12.3 Å². The fraction of sp³-hybridized carbons (Fsp3) is 0.538. The molecule has 0 aliphatic carbocycles. The molecular formula is C13H18Cl2N4O. The maximum atomic E-state index is 12.1. The van der Waals surface area contributed by atoms with Gasteiger partial charge in [0.2, 0.25) is 5.91 Å². The van der Waals surface area contributed by atoms with Crippen molar-refractivity contribution < 1.29 is 4.79 Å². The zero-order valence-corrected chi connectivity index (χ0v) is 12.6. The Balaban J connectivity index is 1.94. The summed E-state index contributed by atoms with van der Waals surface area (Å²) in [6, 6.07) is 1.83. The molecule has 5 nitrogen and oxygen atoms in total. The molecular weight excluding hydrogens is 299 g/mol. The van der Waals surface area contributed by atoms with Crippen LogP contribution in [0.5, 0.6) is 0 Å². The summed E-state index contributed by atoms with van der Waals surface area (Å²) in [5.74, 6) is 0.199. The van der Waals surface area contributed by atoms with Gasteiger partial charge in [0, 0.05) is 18.8 Å². The molecule has 1 amide bonds. The summed E-state index contributed by atoms with van der Waals surface area (Å²) in [6.07, 6.45) is 4.77. The molecule has 1 fully saturated rings. The van der Waals surface area contributed by atoms with Crippen molar-refractivity contribution in [3.8, 4) is 0 Å². The molecule has 0 spiro atoms. The van der Waals surface area contributed by atoms with Crippen molar-refractivity contribution in [1.82, 2.24) is 9.88 Å². The van der Waals surface area contributed by atoms with Crippen LogP contribution in [-0.2, 0) is 4.79 Å². The van der Waals surface area contributed by atoms with E-state index in [1.165, 1.54) is 12.6 Å². The number of hydrogen-bond acceptors (Lipinski definition) is 4. The Kier molecular flexibility index (Phi) is 5.60. The number of rotatable bonds is 4. The first-order chi connectivity index (χ1) is 9.60. The Morgan fingerprint density at radius 2 is 2.30 bits per heavy atom. The summed E-state index contributed by atoms with van der Waals surface area (Å²) in [7, 11) is 0. The van der Waals surface area contributed by atoms with Gasteiger partial charge in [0.25, 0.3) is 0 Å². The molecule has 1 aromatic heterocycles. The number of hydrogen-bond donors (Lipinski definition) is 2. The lowest BCUT2D eigenvalue weighted by Gasteiger charge is -2.34. The number of piperidine rings is 1. The van der Waals surface area contributed by atoms with Crippen molar-refractivity contribution in [2.45, 2.75) is 25.3 Å². The highest BCUT2D eigenvalue weighted by Gasteiger charge is 2.23. The third-order valence-electron chi connectivity index (χ3n) is 3.43. The van der Waals surface area contributed by atoms with Crippen LogP contribution >= 0.6 is 23.2 Å². The Bertz CT molecular complexity index is 483. The molecule has 7 heteroatoms. The van der Waals surface area contributed by atoms with Gasteiger partial charge in [-0.25, -0.2) is 4.98 Å². The molecule has 0 saturated carbocycles. The molecule has 0 bridgehead atoms. The van der Waals surface area contributed by atoms with Gasteiger partial charge in [-0.05, 0) is 25.5 Å². The Labute approximate surface area is 128 Å². The van der Waals surface area contributed by atoms with Gasteiger partial charge in [0.1, 0.15) is 0 Å². The van der Waals surface area contributed by atoms with E-state index in [1.807, 2.05) is 0 Å². The number of carbonyl (C=O) groups excluding carboxylic acids is 1. The van der Waals surface area contributed by atoms with Crippen LogP contribution < -0.4 is 11.1 Å². The van der Waals surface area contributed by atoms with Crippen molar-refractivity contribution in [3.63, 3.8) is 0 Å². The molecule has 2 heterocycles. The SMILES string of the molecule is NCC1CCCCN1CC(=O)Nc1ncc(Cl)cc1Cl. The van der Waals surface area contributed by atoms with Crippen LogP contribution in [0.25, 0.3) is 0 Å². The molecule has 2 rings (SSSR count). The van der Waals surface area contributed by atoms with Crippen LogP contribution in [0.4, 0.5) is 5.82 Å². The molecule has 1 aliphatic rings. The fourth-order valence-electron chi connectivity index (χ4n) is 2.40. The predicted molar refractivity (Wildman–Crippen MR) is 81.2 cm³/mol. The summed E-state index contributed by atoms with van der Waals surface area (Å²) < 4.78 is 0. The molecule has 3 N–H and O–H groups in total. The van der Waals surface area contributed by atoms with Crippen molar-refractivity contribution in [2.24, 2.45) is 5.73 Å². The average molecular weight is 317 g/mol. The summed E-state index contributed by atoms with van der Waals surface area (Å²) in [4.78, 5) is 18.2. The molecule has 1 saturated heterocycles. The maximum Gasteiger partial charge on any atom is 0.239 e. The monoisotopic (exact) mass is 316 g/mol. The van der Waals surface area contributed by atoms with Crippen LogP contribution in [0.2, 0.25) is 10.0 Å². The third kappa shape index (κ3) is 4.06. The Morgan fingerprint density at radius 1 is 1.50 bits per heavy atom. The molecule has 1 aliphatic heterocycles. The Hall–Kier alpha value is -0.880. The van der Waals surface area contributed by atoms with Gasteiger partial charge in [-0.2, -0.15) is 0 Å². The number of pyridine rings is 1. The van der Waals surface area contributed by atoms with Crippen molar-refractivity contribution in [3.05, 3.63) is 22.3 Å². The second kappa shape index (κ2) is 7.22. The number of halogens is 2. The lowest BCUT2D eigenvalue weighted by atomic mass is 10.0. The van der Waals surface area contributed by atoms with Crippen LogP contribution in [0.1, 0.15) is 19.3 Å². The first-order valence-corrected chi connectivity index (χ1v) is 7.40. The van der Waals surface area contributed by atoms with E-state index in [4.69, 9.17) is 28.9 Å². The van der Waals surface area contributed by atoms with Crippen LogP contribution in [0.3, 0.4) is 0 Å². The first-order valence-electron chi connectivity index (χ1n) is 6.65. The third-order valence-corrected chi connectivity index (χ3v) is 3.93. The number of carbonyl (C=O) groups is 1. The van der Waals surface area contributed by atoms with Gasteiger partial charge < -0.3 is 11.1 Å². The molecule has 20 heavy (non-hydrogen) atoms. The van der Waals surface area contributed by atoms with E-state index in [1.54, 1.807) is 6.07 Å². The second-order valence-corrected chi connectivity index (χ2v) is 5.73. The minimum Gasteiger partial charge on any atom is -0.329 e. The van der Waals surface area contributed by atoms with E-state index < -0.39 is 0 Å². The molecule has 1 atom stereocenters. The number of anilines is 1. The van der Waals surface area contributed by atoms with Gasteiger partial charge >= 0.3 is 0 Å². The summed E-state index contributed by atoms with van der Waals surface area (Å²) in [5.41, 5.74) is 5.74. The lowest BCUT2D eigenvalue weighted by molar-refractivity contribution is -0.118. The summed E-state index contributed by atoms with van der Waals surface area (Å²) in [5, 5.41) is 3.48. The zero-order valence-electron chi connectivity index (χ0n) is 11.1. The molecule has 1 aromatic rings. The largest absolute Gasteiger partial charge is 0.329 e. The standard InChI is InChI=1S/C13H18Cl2N4O/c14-9-5-11(15)13(17-7-9)18-12(20)8-19-4-2-1-3-10(19)6-16/h5,7,10H,1-4,6,8,16H2,(H,17,18,20). The van der Waals surface area contributed by atoms with Crippen LogP contribution in [-0.4, -0.2) is 41.5 Å². The van der Waals surface area contributed by atoms with Gasteiger partial charge in [-0.15, -0.1) is 0 Å². The number of aromatic nitrogens is 1. The van der Waals surface area contributed by atoms with Gasteiger partial charge in [0.15, 0.2) is 5.82 Å². The van der Waals surface area contributed by atoms with Gasteiger partial charge in [-0.3, -0.25) is 9.69 Å². The van der Waals surface area contributed by atoms with Crippen molar-refractivity contribution >= 4 is 34.9 Å². The molecule has 110 valence electrons. The summed E-state index contributed by atoms with van der Waals surface area (Å²) in [6.45, 7) is 1.78. The van der Waals surface area contributed by atoms with Crippen LogP contribution in [0, 0.1) is 0 Å². The number of nitrogens with zero attached hydrogens (tertiary/aromatic N) is 2. The first kappa shape index (κ1) is 15.5. The highest BCUT2D eigenvalue weighted by Crippen LogP contribution is 2.22.